The summed E-state index contributed by atoms with van der Waals surface area (Å²) in [5.41, 5.74) is 0.399. The van der Waals surface area contributed by atoms with Crippen LogP contribution in [-0.2, 0) is 4.79 Å². The first-order chi connectivity index (χ1) is 8.43. The molecule has 0 fully saturated rings. The highest BCUT2D eigenvalue weighted by molar-refractivity contribution is 6.30. The van der Waals surface area contributed by atoms with Gasteiger partial charge in [-0.15, -0.1) is 0 Å². The van der Waals surface area contributed by atoms with Crippen LogP contribution in [-0.4, -0.2) is 25.0 Å². The van der Waals surface area contributed by atoms with Crippen molar-refractivity contribution >= 4 is 29.2 Å². The summed E-state index contributed by atoms with van der Waals surface area (Å²) >= 11 is 5.53. The molecule has 5 nitrogen and oxygen atoms in total. The summed E-state index contributed by atoms with van der Waals surface area (Å²) in [6.07, 6.45) is 0. The molecule has 18 heavy (non-hydrogen) atoms. The van der Waals surface area contributed by atoms with Gasteiger partial charge in [-0.05, 0) is 25.1 Å². The number of benzene rings is 1. The molecule has 0 saturated carbocycles. The third-order valence-electron chi connectivity index (χ3n) is 2.16. The summed E-state index contributed by atoms with van der Waals surface area (Å²) < 4.78 is 13.2. The Balaban J connectivity index is 2.63. The van der Waals surface area contributed by atoms with Crippen LogP contribution in [0, 0.1) is 5.82 Å². The molecule has 0 bridgehead atoms. The van der Waals surface area contributed by atoms with Crippen molar-refractivity contribution in [1.82, 2.24) is 10.6 Å². The van der Waals surface area contributed by atoms with E-state index < -0.39 is 23.8 Å². The van der Waals surface area contributed by atoms with Crippen LogP contribution >= 0.6 is 11.6 Å². The van der Waals surface area contributed by atoms with E-state index in [0.29, 0.717) is 5.69 Å². The fraction of sp³-hybridized carbons (Fsp3) is 0.273. The van der Waals surface area contributed by atoms with Crippen LogP contribution in [0.2, 0.25) is 5.02 Å². The predicted molar refractivity (Wildman–Crippen MR) is 67.1 cm³/mol. The largest absolute Gasteiger partial charge is 0.374 e. The summed E-state index contributed by atoms with van der Waals surface area (Å²) in [5, 5.41) is 7.11. The van der Waals surface area contributed by atoms with E-state index >= 15 is 0 Å². The molecule has 0 aliphatic rings. The monoisotopic (exact) mass is 273 g/mol. The normalized spacial score (nSPS) is 11.6. The van der Waals surface area contributed by atoms with Gasteiger partial charge in [-0.25, -0.2) is 9.18 Å². The lowest BCUT2D eigenvalue weighted by molar-refractivity contribution is -0.120. The van der Waals surface area contributed by atoms with E-state index in [1.807, 2.05) is 0 Å². The average Bonchev–Trinajstić information content (AvgIpc) is 2.33. The smallest absolute Gasteiger partial charge is 0.321 e. The Morgan fingerprint density at radius 2 is 2.06 bits per heavy atom. The van der Waals surface area contributed by atoms with Crippen molar-refractivity contribution in [2.24, 2.45) is 0 Å². The van der Waals surface area contributed by atoms with Crippen LogP contribution in [0.4, 0.5) is 14.9 Å². The molecule has 0 heterocycles. The Labute approximate surface area is 109 Å². The second-order valence-corrected chi connectivity index (χ2v) is 3.97. The molecule has 1 rings (SSSR count). The Hall–Kier alpha value is -1.82. The maximum atomic E-state index is 13.2. The van der Waals surface area contributed by atoms with Gasteiger partial charge in [0.25, 0.3) is 0 Å². The van der Waals surface area contributed by atoms with E-state index in [1.54, 1.807) is 6.92 Å². The van der Waals surface area contributed by atoms with Gasteiger partial charge in [0.05, 0.1) is 5.02 Å². The molecule has 1 unspecified atom stereocenters. The molecule has 7 heteroatoms. The number of anilines is 1. The number of hydrogen-bond donors (Lipinski definition) is 3. The summed E-state index contributed by atoms with van der Waals surface area (Å²) in [6.45, 7) is 1.55. The van der Waals surface area contributed by atoms with E-state index in [0.717, 1.165) is 0 Å². The Morgan fingerprint density at radius 3 is 2.61 bits per heavy atom. The van der Waals surface area contributed by atoms with Gasteiger partial charge in [0.2, 0.25) is 5.91 Å². The zero-order valence-corrected chi connectivity index (χ0v) is 10.6. The third kappa shape index (κ3) is 3.89. The number of nitrogens with one attached hydrogen (secondary N) is 3. The first-order valence-electron chi connectivity index (χ1n) is 5.18. The molecule has 0 aromatic heterocycles. The Bertz CT molecular complexity index is 468. The second-order valence-electron chi connectivity index (χ2n) is 3.56. The van der Waals surface area contributed by atoms with Crippen molar-refractivity contribution in [2.75, 3.05) is 12.4 Å². The topological polar surface area (TPSA) is 70.2 Å². The number of amides is 3. The molecule has 1 aromatic rings. The molecular weight excluding hydrogens is 261 g/mol. The van der Waals surface area contributed by atoms with Gasteiger partial charge in [-0.2, -0.15) is 0 Å². The third-order valence-corrected chi connectivity index (χ3v) is 2.47. The van der Waals surface area contributed by atoms with Crippen LogP contribution < -0.4 is 16.0 Å². The Morgan fingerprint density at radius 1 is 1.39 bits per heavy atom. The lowest BCUT2D eigenvalue weighted by Gasteiger charge is -2.14. The molecule has 0 aliphatic heterocycles. The van der Waals surface area contributed by atoms with Gasteiger partial charge in [-0.3, -0.25) is 10.1 Å². The van der Waals surface area contributed by atoms with Gasteiger partial charge >= 0.3 is 6.03 Å². The molecule has 3 N–H and O–H groups in total. The van der Waals surface area contributed by atoms with Gasteiger partial charge < -0.3 is 10.6 Å². The fourth-order valence-corrected chi connectivity index (χ4v) is 1.30. The van der Waals surface area contributed by atoms with Crippen LogP contribution in [0.1, 0.15) is 6.92 Å². The van der Waals surface area contributed by atoms with Crippen LogP contribution in [0.5, 0.6) is 0 Å². The van der Waals surface area contributed by atoms with Gasteiger partial charge in [0.1, 0.15) is 11.9 Å². The van der Waals surface area contributed by atoms with E-state index in [-0.39, 0.29) is 5.02 Å². The van der Waals surface area contributed by atoms with Crippen molar-refractivity contribution < 1.29 is 14.0 Å². The highest BCUT2D eigenvalue weighted by Crippen LogP contribution is 2.19. The summed E-state index contributed by atoms with van der Waals surface area (Å²) in [7, 11) is 1.40. The molecule has 1 atom stereocenters. The number of urea groups is 1. The minimum Gasteiger partial charge on any atom is -0.374 e. The van der Waals surface area contributed by atoms with E-state index in [1.165, 1.54) is 25.2 Å². The molecule has 0 spiro atoms. The van der Waals surface area contributed by atoms with E-state index in [4.69, 9.17) is 11.6 Å². The van der Waals surface area contributed by atoms with Crippen LogP contribution in [0.3, 0.4) is 0 Å². The second kappa shape index (κ2) is 6.20. The number of carbonyl (C=O) groups is 2. The fourth-order valence-electron chi connectivity index (χ4n) is 1.18. The highest BCUT2D eigenvalue weighted by atomic mass is 35.5. The van der Waals surface area contributed by atoms with Crippen molar-refractivity contribution in [1.29, 1.82) is 0 Å². The zero-order valence-electron chi connectivity index (χ0n) is 9.88. The molecule has 98 valence electrons. The van der Waals surface area contributed by atoms with Gasteiger partial charge in [0, 0.05) is 12.7 Å². The van der Waals surface area contributed by atoms with Crippen LogP contribution in [0.15, 0.2) is 18.2 Å². The quantitative estimate of drug-likeness (QED) is 0.786. The zero-order chi connectivity index (χ0) is 13.7. The molecular formula is C11H13ClFN3O2. The minimum absolute atomic E-state index is 0.00279. The average molecular weight is 274 g/mol. The van der Waals surface area contributed by atoms with Crippen molar-refractivity contribution in [3.63, 3.8) is 0 Å². The number of carbonyl (C=O) groups excluding carboxylic acids is 2. The van der Waals surface area contributed by atoms with Crippen LogP contribution in [0.25, 0.3) is 0 Å². The van der Waals surface area contributed by atoms with Crippen molar-refractivity contribution in [2.45, 2.75) is 13.0 Å². The van der Waals surface area contributed by atoms with Crippen molar-refractivity contribution in [3.05, 3.63) is 29.0 Å². The highest BCUT2D eigenvalue weighted by Gasteiger charge is 2.15. The number of rotatable bonds is 3. The maximum Gasteiger partial charge on any atom is 0.321 e. The number of hydrogen-bond acceptors (Lipinski definition) is 3. The SMILES string of the molecule is CNC(=O)NC(=O)C(C)Nc1ccc(Cl)c(F)c1. The maximum absolute atomic E-state index is 13.2. The standard InChI is InChI=1S/C11H13ClFN3O2/c1-6(10(17)16-11(18)14-2)15-7-3-4-8(12)9(13)5-7/h3-6,15H,1-2H3,(H2,14,16,17,18). The Kier molecular flexibility index (Phi) is 4.91. The molecule has 3 amide bonds. The predicted octanol–water partition coefficient (Wildman–Crippen LogP) is 1.74. The van der Waals surface area contributed by atoms with Crippen molar-refractivity contribution in [3.8, 4) is 0 Å². The van der Waals surface area contributed by atoms with E-state index in [2.05, 4.69) is 16.0 Å². The summed E-state index contributed by atoms with van der Waals surface area (Å²) in [4.78, 5) is 22.4. The summed E-state index contributed by atoms with van der Waals surface area (Å²) in [6, 6.07) is 2.79. The van der Waals surface area contributed by atoms with Gasteiger partial charge in [-0.1, -0.05) is 11.6 Å². The lowest BCUT2D eigenvalue weighted by atomic mass is 10.2. The van der Waals surface area contributed by atoms with E-state index in [9.17, 15) is 14.0 Å². The lowest BCUT2D eigenvalue weighted by Crippen LogP contribution is -2.44. The number of imide groups is 1. The first kappa shape index (κ1) is 14.2. The molecule has 1 aromatic carbocycles. The minimum atomic E-state index is -0.692. The summed E-state index contributed by atoms with van der Waals surface area (Å²) in [5.74, 6) is -1.11. The number of halogens is 2. The molecule has 0 radical (unpaired) electrons. The molecule has 0 aliphatic carbocycles. The first-order valence-corrected chi connectivity index (χ1v) is 5.56. The van der Waals surface area contributed by atoms with Gasteiger partial charge in [0.15, 0.2) is 0 Å². The molecule has 0 saturated heterocycles.